The molecule has 1 N–H and O–H groups in total. The van der Waals surface area contributed by atoms with E-state index in [1.165, 1.54) is 4.90 Å². The molecular weight excluding hydrogens is 302 g/mol. The molecule has 1 aromatic heterocycles. The third-order valence-corrected chi connectivity index (χ3v) is 4.57. The fourth-order valence-corrected chi connectivity index (χ4v) is 3.24. The van der Waals surface area contributed by atoms with E-state index >= 15 is 0 Å². The molecule has 0 bridgehead atoms. The van der Waals surface area contributed by atoms with E-state index in [-0.39, 0.29) is 0 Å². The molecule has 0 saturated heterocycles. The predicted molar refractivity (Wildman–Crippen MR) is 90.7 cm³/mol. The number of fused-ring (bicyclic) bond motifs is 1. The number of carbonyl (C=O) groups excluding carboxylic acids is 1. The van der Waals surface area contributed by atoms with Gasteiger partial charge in [-0.2, -0.15) is 0 Å². The molecule has 0 saturated carbocycles. The third-order valence-electron chi connectivity index (χ3n) is 3.61. The molecule has 0 radical (unpaired) electrons. The van der Waals surface area contributed by atoms with Gasteiger partial charge >= 0.3 is 0 Å². The molecule has 106 valence electrons. The average molecular weight is 316 g/mol. The number of nitrogens with one attached hydrogen (secondary N) is 1. The van der Waals surface area contributed by atoms with Crippen molar-refractivity contribution in [3.63, 3.8) is 0 Å². The summed E-state index contributed by atoms with van der Waals surface area (Å²) in [6.07, 6.45) is 2.94. The normalized spacial score (nSPS) is 11.0. The highest BCUT2D eigenvalue weighted by Crippen LogP contribution is 2.33. The minimum atomic E-state index is 0.645. The van der Waals surface area contributed by atoms with Gasteiger partial charge in [0.25, 0.3) is 0 Å². The van der Waals surface area contributed by atoms with Crippen LogP contribution >= 0.6 is 23.4 Å². The summed E-state index contributed by atoms with van der Waals surface area (Å²) in [4.78, 5) is 16.1. The summed E-state index contributed by atoms with van der Waals surface area (Å²) < 4.78 is 0. The zero-order valence-electron chi connectivity index (χ0n) is 11.7. The summed E-state index contributed by atoms with van der Waals surface area (Å²) in [6.45, 7) is 1.99. The molecule has 0 amide bonds. The zero-order chi connectivity index (χ0) is 15.0. The molecule has 0 aliphatic rings. The Bertz CT molecular complexity index is 821. The van der Waals surface area contributed by atoms with Crippen LogP contribution in [0.5, 0.6) is 0 Å². The summed E-state index contributed by atoms with van der Waals surface area (Å²) in [6, 6.07) is 11.9. The van der Waals surface area contributed by atoms with Crippen molar-refractivity contribution in [2.24, 2.45) is 0 Å². The molecule has 1 heterocycles. The van der Waals surface area contributed by atoms with Crippen molar-refractivity contribution in [2.75, 3.05) is 6.26 Å². The number of aromatic nitrogens is 1. The lowest BCUT2D eigenvalue weighted by atomic mass is 10.1. The number of H-pyrrole nitrogens is 1. The van der Waals surface area contributed by atoms with Crippen molar-refractivity contribution >= 4 is 40.6 Å². The van der Waals surface area contributed by atoms with E-state index in [1.54, 1.807) is 11.8 Å². The van der Waals surface area contributed by atoms with Crippen LogP contribution in [0.3, 0.4) is 0 Å². The quantitative estimate of drug-likeness (QED) is 0.523. The van der Waals surface area contributed by atoms with Gasteiger partial charge in [0.2, 0.25) is 0 Å². The van der Waals surface area contributed by atoms with E-state index in [0.717, 1.165) is 34.0 Å². The second-order valence-electron chi connectivity index (χ2n) is 4.91. The van der Waals surface area contributed by atoms with Crippen LogP contribution in [0.1, 0.15) is 15.9 Å². The van der Waals surface area contributed by atoms with Crippen molar-refractivity contribution in [2.45, 2.75) is 11.8 Å². The molecule has 3 aromatic rings. The van der Waals surface area contributed by atoms with Gasteiger partial charge < -0.3 is 4.98 Å². The first-order valence-electron chi connectivity index (χ1n) is 6.55. The fraction of sp³-hybridized carbons (Fsp3) is 0.118. The monoisotopic (exact) mass is 315 g/mol. The highest BCUT2D eigenvalue weighted by Gasteiger charge is 2.14. The Balaban J connectivity index is 2.26. The van der Waals surface area contributed by atoms with Crippen LogP contribution in [0, 0.1) is 6.92 Å². The average Bonchev–Trinajstić information content (AvgIpc) is 2.86. The van der Waals surface area contributed by atoms with Crippen LogP contribution in [0.2, 0.25) is 5.02 Å². The van der Waals surface area contributed by atoms with Gasteiger partial charge in [0.05, 0.1) is 5.69 Å². The number of hydrogen-bond acceptors (Lipinski definition) is 2. The lowest BCUT2D eigenvalue weighted by Gasteiger charge is -2.01. The van der Waals surface area contributed by atoms with Gasteiger partial charge in [0.1, 0.15) is 0 Å². The van der Waals surface area contributed by atoms with Gasteiger partial charge in [-0.05, 0) is 48.6 Å². The molecule has 0 spiro atoms. The number of aromatic amines is 1. The van der Waals surface area contributed by atoms with Crippen LogP contribution in [-0.2, 0) is 0 Å². The molecule has 0 atom stereocenters. The predicted octanol–water partition coefficient (Wildman–Crippen LogP) is 5.33. The first kappa shape index (κ1) is 14.2. The Morgan fingerprint density at radius 3 is 2.52 bits per heavy atom. The number of aryl methyl sites for hydroxylation is 1. The van der Waals surface area contributed by atoms with E-state index in [2.05, 4.69) is 17.1 Å². The molecule has 0 fully saturated rings. The number of aldehydes is 1. The zero-order valence-corrected chi connectivity index (χ0v) is 13.3. The van der Waals surface area contributed by atoms with Crippen LogP contribution in [0.15, 0.2) is 41.3 Å². The third kappa shape index (κ3) is 2.47. The first-order valence-corrected chi connectivity index (χ1v) is 8.15. The van der Waals surface area contributed by atoms with Gasteiger partial charge in [-0.3, -0.25) is 4.79 Å². The Hall–Kier alpha value is -1.71. The molecule has 0 unspecified atom stereocenters. The minimum Gasteiger partial charge on any atom is -0.354 e. The van der Waals surface area contributed by atoms with Crippen molar-refractivity contribution in [3.05, 3.63) is 52.5 Å². The Kier molecular flexibility index (Phi) is 3.79. The summed E-state index contributed by atoms with van der Waals surface area (Å²) in [5, 5.41) is 1.52. The van der Waals surface area contributed by atoms with E-state index < -0.39 is 0 Å². The van der Waals surface area contributed by atoms with E-state index in [1.807, 2.05) is 37.4 Å². The van der Waals surface area contributed by atoms with Crippen LogP contribution in [0.4, 0.5) is 0 Å². The van der Waals surface area contributed by atoms with Gasteiger partial charge in [-0.25, -0.2) is 0 Å². The molecule has 21 heavy (non-hydrogen) atoms. The second-order valence-corrected chi connectivity index (χ2v) is 6.22. The number of carbonyl (C=O) groups is 1. The van der Waals surface area contributed by atoms with Crippen LogP contribution in [0.25, 0.3) is 22.2 Å². The summed E-state index contributed by atoms with van der Waals surface area (Å²) in [5.41, 5.74) is 4.50. The lowest BCUT2D eigenvalue weighted by Crippen LogP contribution is -1.84. The Labute approximate surface area is 132 Å². The van der Waals surface area contributed by atoms with Crippen molar-refractivity contribution in [1.29, 1.82) is 0 Å². The number of thioether (sulfide) groups is 1. The molecular formula is C17H14ClNOS. The molecule has 4 heteroatoms. The first-order chi connectivity index (χ1) is 10.1. The minimum absolute atomic E-state index is 0.645. The topological polar surface area (TPSA) is 32.9 Å². The number of rotatable bonds is 3. The maximum atomic E-state index is 11.6. The highest BCUT2D eigenvalue weighted by molar-refractivity contribution is 7.98. The van der Waals surface area contributed by atoms with E-state index in [4.69, 9.17) is 11.6 Å². The molecule has 0 aliphatic carbocycles. The van der Waals surface area contributed by atoms with Crippen LogP contribution < -0.4 is 0 Å². The Morgan fingerprint density at radius 1 is 1.19 bits per heavy atom. The number of benzene rings is 2. The summed E-state index contributed by atoms with van der Waals surface area (Å²) in [7, 11) is 0. The summed E-state index contributed by atoms with van der Waals surface area (Å²) >= 11 is 7.81. The molecule has 2 nitrogen and oxygen atoms in total. The van der Waals surface area contributed by atoms with Crippen molar-refractivity contribution < 1.29 is 4.79 Å². The maximum Gasteiger partial charge on any atom is 0.152 e. The van der Waals surface area contributed by atoms with Crippen molar-refractivity contribution in [3.8, 4) is 11.3 Å². The van der Waals surface area contributed by atoms with Gasteiger partial charge in [0.15, 0.2) is 6.29 Å². The van der Waals surface area contributed by atoms with E-state index in [9.17, 15) is 4.79 Å². The number of halogens is 1. The maximum absolute atomic E-state index is 11.6. The SMILES string of the molecule is CSc1ccc(-c2[nH]c3c(C)cc(Cl)cc3c2C=O)cc1. The molecule has 0 aliphatic heterocycles. The van der Waals surface area contributed by atoms with Crippen LogP contribution in [-0.4, -0.2) is 17.5 Å². The Morgan fingerprint density at radius 2 is 1.90 bits per heavy atom. The smallest absolute Gasteiger partial charge is 0.152 e. The lowest BCUT2D eigenvalue weighted by molar-refractivity contribution is 0.112. The van der Waals surface area contributed by atoms with Crippen molar-refractivity contribution in [1.82, 2.24) is 4.98 Å². The number of hydrogen-bond donors (Lipinski definition) is 1. The second kappa shape index (κ2) is 5.58. The molecule has 2 aromatic carbocycles. The highest BCUT2D eigenvalue weighted by atomic mass is 35.5. The fourth-order valence-electron chi connectivity index (χ4n) is 2.56. The molecule has 3 rings (SSSR count). The largest absolute Gasteiger partial charge is 0.354 e. The van der Waals surface area contributed by atoms with E-state index in [0.29, 0.717) is 10.6 Å². The van der Waals surface area contributed by atoms with Gasteiger partial charge in [0, 0.05) is 26.4 Å². The van der Waals surface area contributed by atoms with Gasteiger partial charge in [-0.1, -0.05) is 23.7 Å². The standard InChI is InChI=1S/C17H14ClNOS/c1-10-7-12(18)8-14-15(9-20)17(19-16(10)14)11-3-5-13(21-2)6-4-11/h3-9,19H,1-2H3. The van der Waals surface area contributed by atoms with Gasteiger partial charge in [-0.15, -0.1) is 11.8 Å². The summed E-state index contributed by atoms with van der Waals surface area (Å²) in [5.74, 6) is 0.